The minimum absolute atomic E-state index is 0.0466. The van der Waals surface area contributed by atoms with Gasteiger partial charge in [-0.3, -0.25) is 43.2 Å². The Labute approximate surface area is 436 Å². The second-order valence-corrected chi connectivity index (χ2v) is 19.9. The Hall–Kier alpha value is -5.75. The first-order chi connectivity index (χ1) is 35.3. The normalized spacial score (nSPS) is 23.0. The molecular formula is C51H88N12O11. The summed E-state index contributed by atoms with van der Waals surface area (Å²) in [5.74, 6) is -7.46. The topological polar surface area (TPSA) is 380 Å². The van der Waals surface area contributed by atoms with E-state index in [9.17, 15) is 53.4 Å². The van der Waals surface area contributed by atoms with Crippen LogP contribution in [0.3, 0.4) is 0 Å². The van der Waals surface area contributed by atoms with Crippen molar-refractivity contribution in [2.45, 2.75) is 185 Å². The Balaban J connectivity index is 2.67. The summed E-state index contributed by atoms with van der Waals surface area (Å²) in [4.78, 5) is 126. The summed E-state index contributed by atoms with van der Waals surface area (Å²) >= 11 is 0. The van der Waals surface area contributed by atoms with Crippen LogP contribution in [0.25, 0.3) is 0 Å². The number of hydrogen-bond acceptors (Lipinski definition) is 14. The number of aliphatic hydroxyl groups is 2. The number of aliphatic hydroxyl groups excluding tert-OH is 2. The van der Waals surface area contributed by atoms with Crippen LogP contribution in [0.5, 0.6) is 0 Å². The molecule has 1 aromatic carbocycles. The molecule has 1 fully saturated rings. The van der Waals surface area contributed by atoms with Gasteiger partial charge in [0.05, 0.1) is 19.1 Å². The standard InChI is InChI=1S/C51H88N12O11/c1-6-7-8-9-13-17-34(65)29-43(66)56-42(30-64)51(74)60-38-21-25-55-44(67)39(26-31(2)3)61-45(68)35(18-14-22-52)57-46(69)36(19-23-53)59-49(72)40(27-32(4)5)62-50(73)41(28-33-15-11-10-12-16-33)63-47(70)37(20-24-54)58-48(38)71/h10-12,15-16,31-32,34-42,64-65H,6-9,13-14,17-30,52-54H2,1-5H3,(H,55,67)(H,56,66)(H,57,69)(H,58,71)(H,59,72)(H,60,74)(H,61,68)(H,62,73)(H,63,70)/t34-,35+,36+,37+,38+,39+,40+,41-,42-/m1/s1. The maximum absolute atomic E-state index is 14.3. The van der Waals surface area contributed by atoms with E-state index in [1.54, 1.807) is 30.3 Å². The summed E-state index contributed by atoms with van der Waals surface area (Å²) in [5.41, 5.74) is 18.3. The van der Waals surface area contributed by atoms with Gasteiger partial charge in [-0.25, -0.2) is 0 Å². The molecule has 1 saturated heterocycles. The average molecular weight is 1050 g/mol. The van der Waals surface area contributed by atoms with Gasteiger partial charge < -0.3 is 75.3 Å². The molecule has 23 heteroatoms. The number of unbranched alkanes of at least 4 members (excludes halogenated alkanes) is 4. The molecule has 0 aromatic heterocycles. The quantitative estimate of drug-likeness (QED) is 0.0484. The van der Waals surface area contributed by atoms with Gasteiger partial charge >= 0.3 is 0 Å². The van der Waals surface area contributed by atoms with Crippen molar-refractivity contribution in [2.24, 2.45) is 29.0 Å². The van der Waals surface area contributed by atoms with Gasteiger partial charge in [0.1, 0.15) is 48.3 Å². The molecule has 23 nitrogen and oxygen atoms in total. The Kier molecular flexibility index (Phi) is 30.8. The molecule has 1 aromatic rings. The molecule has 9 atom stereocenters. The lowest BCUT2D eigenvalue weighted by Crippen LogP contribution is -2.61. The number of amides is 9. The van der Waals surface area contributed by atoms with Crippen molar-refractivity contribution in [2.75, 3.05) is 32.8 Å². The third-order valence-electron chi connectivity index (χ3n) is 12.4. The summed E-state index contributed by atoms with van der Waals surface area (Å²) in [6, 6.07) is -2.04. The number of carbonyl (C=O) groups excluding carboxylic acids is 9. The van der Waals surface area contributed by atoms with Crippen LogP contribution in [0, 0.1) is 11.8 Å². The van der Waals surface area contributed by atoms with E-state index in [1.807, 2.05) is 27.7 Å². The molecule has 0 radical (unpaired) electrons. The number of nitrogens with two attached hydrogens (primary N) is 3. The zero-order valence-electron chi connectivity index (χ0n) is 44.2. The van der Waals surface area contributed by atoms with Crippen molar-refractivity contribution in [1.29, 1.82) is 0 Å². The van der Waals surface area contributed by atoms with Crippen LogP contribution in [-0.2, 0) is 49.6 Å². The van der Waals surface area contributed by atoms with Crippen LogP contribution < -0.4 is 65.1 Å². The molecule has 0 saturated carbocycles. The first-order valence-electron chi connectivity index (χ1n) is 26.4. The van der Waals surface area contributed by atoms with E-state index in [0.29, 0.717) is 24.8 Å². The van der Waals surface area contributed by atoms with Gasteiger partial charge in [-0.15, -0.1) is 0 Å². The number of rotatable bonds is 25. The first kappa shape index (κ1) is 64.4. The highest BCUT2D eigenvalue weighted by atomic mass is 16.3. The molecule has 74 heavy (non-hydrogen) atoms. The van der Waals surface area contributed by atoms with E-state index < -0.39 is 114 Å². The van der Waals surface area contributed by atoms with Crippen LogP contribution in [-0.4, -0.2) is 151 Å². The van der Waals surface area contributed by atoms with Gasteiger partial charge in [0.15, 0.2) is 0 Å². The third kappa shape index (κ3) is 24.5. The lowest BCUT2D eigenvalue weighted by atomic mass is 10.00. The van der Waals surface area contributed by atoms with Crippen molar-refractivity contribution in [3.05, 3.63) is 35.9 Å². The largest absolute Gasteiger partial charge is 0.394 e. The zero-order chi connectivity index (χ0) is 55.2. The van der Waals surface area contributed by atoms with Crippen LogP contribution >= 0.6 is 0 Å². The van der Waals surface area contributed by atoms with Crippen LogP contribution in [0.1, 0.15) is 130 Å². The summed E-state index contributed by atoms with van der Waals surface area (Å²) in [6.07, 6.45) is 3.67. The fourth-order valence-corrected chi connectivity index (χ4v) is 8.31. The molecule has 1 aliphatic heterocycles. The molecule has 0 spiro atoms. The highest BCUT2D eigenvalue weighted by molar-refractivity contribution is 5.98. The molecule has 2 rings (SSSR count). The summed E-state index contributed by atoms with van der Waals surface area (Å²) in [7, 11) is 0. The van der Waals surface area contributed by atoms with Crippen LogP contribution in [0.2, 0.25) is 0 Å². The predicted octanol–water partition coefficient (Wildman–Crippen LogP) is -1.74. The smallest absolute Gasteiger partial charge is 0.245 e. The van der Waals surface area contributed by atoms with E-state index in [-0.39, 0.29) is 89.4 Å². The van der Waals surface area contributed by atoms with Crippen molar-refractivity contribution in [1.82, 2.24) is 47.9 Å². The van der Waals surface area contributed by atoms with Gasteiger partial charge in [-0.2, -0.15) is 0 Å². The fraction of sp³-hybridized carbons (Fsp3) is 0.706. The number of carbonyl (C=O) groups is 9. The highest BCUT2D eigenvalue weighted by Crippen LogP contribution is 2.13. The van der Waals surface area contributed by atoms with Gasteiger partial charge in [0.25, 0.3) is 0 Å². The summed E-state index contributed by atoms with van der Waals surface area (Å²) in [5, 5.41) is 44.5. The Morgan fingerprint density at radius 2 is 1.11 bits per heavy atom. The molecule has 17 N–H and O–H groups in total. The lowest BCUT2D eigenvalue weighted by Gasteiger charge is -2.28. The van der Waals surface area contributed by atoms with Crippen molar-refractivity contribution >= 4 is 53.2 Å². The second-order valence-electron chi connectivity index (χ2n) is 19.9. The van der Waals surface area contributed by atoms with Crippen molar-refractivity contribution < 1.29 is 53.4 Å². The summed E-state index contributed by atoms with van der Waals surface area (Å²) < 4.78 is 0. The van der Waals surface area contributed by atoms with Gasteiger partial charge in [0.2, 0.25) is 53.2 Å². The van der Waals surface area contributed by atoms with Gasteiger partial charge in [-0.05, 0) is 88.4 Å². The molecule has 1 heterocycles. The van der Waals surface area contributed by atoms with Crippen molar-refractivity contribution in [3.8, 4) is 0 Å². The Morgan fingerprint density at radius 1 is 0.622 bits per heavy atom. The van der Waals surface area contributed by atoms with E-state index in [1.165, 1.54) is 0 Å². The summed E-state index contributed by atoms with van der Waals surface area (Å²) in [6.45, 7) is 8.18. The molecule has 418 valence electrons. The second kappa shape index (κ2) is 35.4. The molecular weight excluding hydrogens is 957 g/mol. The van der Waals surface area contributed by atoms with E-state index in [4.69, 9.17) is 17.2 Å². The van der Waals surface area contributed by atoms with Gasteiger partial charge in [0, 0.05) is 13.0 Å². The fourth-order valence-electron chi connectivity index (χ4n) is 8.31. The van der Waals surface area contributed by atoms with E-state index >= 15 is 0 Å². The molecule has 0 bridgehead atoms. The maximum atomic E-state index is 14.3. The van der Waals surface area contributed by atoms with Crippen LogP contribution in [0.4, 0.5) is 0 Å². The minimum Gasteiger partial charge on any atom is -0.394 e. The number of hydrogen-bond donors (Lipinski definition) is 14. The van der Waals surface area contributed by atoms with Gasteiger partial charge in [-0.1, -0.05) is 97.1 Å². The Morgan fingerprint density at radius 3 is 1.64 bits per heavy atom. The predicted molar refractivity (Wildman–Crippen MR) is 279 cm³/mol. The molecule has 0 unspecified atom stereocenters. The monoisotopic (exact) mass is 1040 g/mol. The highest BCUT2D eigenvalue weighted by Gasteiger charge is 2.35. The zero-order valence-corrected chi connectivity index (χ0v) is 44.2. The SMILES string of the molecule is CCCCCCC[C@@H](O)CC(=O)N[C@H](CO)C(=O)N[C@H]1CCNC(=O)[C@H](CC(C)C)NC(=O)[C@H](CCCN)NC(=O)[C@H](CCN)NC(=O)[C@H](CC(C)C)NC(=O)[C@@H](Cc2ccccc2)NC(=O)[C@H](CCN)NC1=O. The molecule has 9 amide bonds. The van der Waals surface area contributed by atoms with Crippen molar-refractivity contribution in [3.63, 3.8) is 0 Å². The van der Waals surface area contributed by atoms with E-state index in [0.717, 1.165) is 25.7 Å². The average Bonchev–Trinajstić information content (AvgIpc) is 3.34. The molecule has 0 aliphatic carbocycles. The lowest BCUT2D eigenvalue weighted by molar-refractivity contribution is -0.136. The minimum atomic E-state index is -1.58. The van der Waals surface area contributed by atoms with Crippen LogP contribution in [0.15, 0.2) is 30.3 Å². The first-order valence-corrected chi connectivity index (χ1v) is 26.4. The van der Waals surface area contributed by atoms with E-state index in [2.05, 4.69) is 54.8 Å². The number of nitrogens with one attached hydrogen (secondary N) is 9. The third-order valence-corrected chi connectivity index (χ3v) is 12.4. The molecule has 1 aliphatic rings. The maximum Gasteiger partial charge on any atom is 0.245 e. The number of benzene rings is 1. The Bertz CT molecular complexity index is 1930.